The van der Waals surface area contributed by atoms with E-state index in [0.717, 1.165) is 31.5 Å². The lowest BCUT2D eigenvalue weighted by Gasteiger charge is -2.30. The van der Waals surface area contributed by atoms with Crippen molar-refractivity contribution in [2.24, 2.45) is 11.1 Å². The summed E-state index contributed by atoms with van der Waals surface area (Å²) in [7, 11) is -3.67. The minimum atomic E-state index is -3.67. The molecule has 3 N–H and O–H groups in total. The van der Waals surface area contributed by atoms with Gasteiger partial charge in [-0.05, 0) is 36.5 Å². The van der Waals surface area contributed by atoms with Gasteiger partial charge in [-0.1, -0.05) is 19.1 Å². The van der Waals surface area contributed by atoms with Crippen molar-refractivity contribution in [1.29, 1.82) is 0 Å². The second kappa shape index (κ2) is 6.44. The second-order valence-corrected chi connectivity index (χ2v) is 7.08. The van der Waals surface area contributed by atoms with Crippen molar-refractivity contribution in [3.63, 3.8) is 0 Å². The molecule has 2 amide bonds. The number of nitrogens with one attached hydrogen (secondary N) is 1. The molecule has 0 bridgehead atoms. The molecule has 0 saturated carbocycles. The number of carbonyl (C=O) groups excluding carboxylic acids is 1. The first-order valence-corrected chi connectivity index (χ1v) is 8.55. The number of rotatable bonds is 3. The summed E-state index contributed by atoms with van der Waals surface area (Å²) in [5.41, 5.74) is 0.834. The summed E-state index contributed by atoms with van der Waals surface area (Å²) in [5, 5.41) is 7.88. The largest absolute Gasteiger partial charge is 0.334 e. The average Bonchev–Trinajstić information content (AvgIpc) is 2.45. The van der Waals surface area contributed by atoms with Gasteiger partial charge in [-0.3, -0.25) is 0 Å². The molecule has 6 nitrogen and oxygen atoms in total. The van der Waals surface area contributed by atoms with Crippen molar-refractivity contribution in [3.8, 4) is 0 Å². The van der Waals surface area contributed by atoms with E-state index in [1.54, 1.807) is 12.1 Å². The Kier molecular flexibility index (Phi) is 4.84. The first-order valence-electron chi connectivity index (χ1n) is 7.01. The Morgan fingerprint density at radius 3 is 2.38 bits per heavy atom. The van der Waals surface area contributed by atoms with Crippen LogP contribution in [0.3, 0.4) is 0 Å². The first kappa shape index (κ1) is 15.8. The molecule has 116 valence electrons. The van der Waals surface area contributed by atoms with Crippen LogP contribution in [-0.2, 0) is 16.6 Å². The highest BCUT2D eigenvalue weighted by Crippen LogP contribution is 2.16. The predicted octanol–water partition coefficient (Wildman–Crippen LogP) is 1.28. The lowest BCUT2D eigenvalue weighted by molar-refractivity contribution is 0.173. The SMILES string of the molecule is CC1CCN(C(=O)NCc2ccc(S(N)(=O)=O)cc2)CC1. The Labute approximate surface area is 125 Å². The number of amides is 2. The van der Waals surface area contributed by atoms with Crippen molar-refractivity contribution in [3.05, 3.63) is 29.8 Å². The van der Waals surface area contributed by atoms with E-state index in [1.807, 2.05) is 4.90 Å². The van der Waals surface area contributed by atoms with Gasteiger partial charge in [0.05, 0.1) is 4.90 Å². The maximum atomic E-state index is 12.0. The normalized spacial score (nSPS) is 16.8. The molecule has 1 fully saturated rings. The van der Waals surface area contributed by atoms with E-state index in [1.165, 1.54) is 12.1 Å². The van der Waals surface area contributed by atoms with Crippen LogP contribution in [0.2, 0.25) is 0 Å². The Bertz CT molecular complexity index is 590. The highest BCUT2D eigenvalue weighted by atomic mass is 32.2. The monoisotopic (exact) mass is 311 g/mol. The molecule has 1 heterocycles. The van der Waals surface area contributed by atoms with E-state index in [9.17, 15) is 13.2 Å². The summed E-state index contributed by atoms with van der Waals surface area (Å²) in [4.78, 5) is 13.9. The number of nitrogens with two attached hydrogens (primary N) is 1. The molecule has 1 aliphatic rings. The zero-order valence-electron chi connectivity index (χ0n) is 12.1. The molecule has 1 aromatic rings. The summed E-state index contributed by atoms with van der Waals surface area (Å²) in [6.45, 7) is 4.15. The summed E-state index contributed by atoms with van der Waals surface area (Å²) >= 11 is 0. The van der Waals surface area contributed by atoms with Crippen LogP contribution in [-0.4, -0.2) is 32.4 Å². The van der Waals surface area contributed by atoms with E-state index < -0.39 is 10.0 Å². The topological polar surface area (TPSA) is 92.5 Å². The van der Waals surface area contributed by atoms with Crippen LogP contribution in [0.25, 0.3) is 0 Å². The number of carbonyl (C=O) groups is 1. The van der Waals surface area contributed by atoms with Crippen molar-refractivity contribution in [2.45, 2.75) is 31.2 Å². The minimum absolute atomic E-state index is 0.0718. The number of likely N-dealkylation sites (tertiary alicyclic amines) is 1. The fourth-order valence-electron chi connectivity index (χ4n) is 2.30. The molecule has 0 aromatic heterocycles. The van der Waals surface area contributed by atoms with Crippen LogP contribution in [0.5, 0.6) is 0 Å². The Morgan fingerprint density at radius 1 is 1.29 bits per heavy atom. The van der Waals surface area contributed by atoms with Crippen LogP contribution in [0.15, 0.2) is 29.2 Å². The van der Waals surface area contributed by atoms with E-state index in [2.05, 4.69) is 12.2 Å². The molecule has 0 atom stereocenters. The molecule has 2 rings (SSSR count). The van der Waals surface area contributed by atoms with Gasteiger partial charge in [0.1, 0.15) is 0 Å². The standard InChI is InChI=1S/C14H21N3O3S/c1-11-6-8-17(9-7-11)14(18)16-10-12-2-4-13(5-3-12)21(15,19)20/h2-5,11H,6-10H2,1H3,(H,16,18)(H2,15,19,20). The fourth-order valence-corrected chi connectivity index (χ4v) is 2.81. The van der Waals surface area contributed by atoms with Crippen molar-refractivity contribution in [2.75, 3.05) is 13.1 Å². The number of sulfonamides is 1. The van der Waals surface area contributed by atoms with Crippen molar-refractivity contribution < 1.29 is 13.2 Å². The molecule has 0 spiro atoms. The van der Waals surface area contributed by atoms with E-state index in [0.29, 0.717) is 12.5 Å². The van der Waals surface area contributed by atoms with Gasteiger partial charge in [-0.25, -0.2) is 18.4 Å². The maximum Gasteiger partial charge on any atom is 0.317 e. The summed E-state index contributed by atoms with van der Waals surface area (Å²) in [5.74, 6) is 0.680. The van der Waals surface area contributed by atoms with E-state index in [4.69, 9.17) is 5.14 Å². The van der Waals surface area contributed by atoms with Gasteiger partial charge in [0.15, 0.2) is 0 Å². The lowest BCUT2D eigenvalue weighted by Crippen LogP contribution is -2.43. The van der Waals surface area contributed by atoms with Gasteiger partial charge in [-0.15, -0.1) is 0 Å². The quantitative estimate of drug-likeness (QED) is 0.880. The number of piperidine rings is 1. The molecule has 1 aliphatic heterocycles. The molecule has 21 heavy (non-hydrogen) atoms. The van der Waals surface area contributed by atoms with Gasteiger partial charge in [0.25, 0.3) is 0 Å². The summed E-state index contributed by atoms with van der Waals surface area (Å²) in [6, 6.07) is 6.12. The van der Waals surface area contributed by atoms with Gasteiger partial charge >= 0.3 is 6.03 Å². The molecular formula is C14H21N3O3S. The zero-order chi connectivity index (χ0) is 15.5. The Balaban J connectivity index is 1.87. The highest BCUT2D eigenvalue weighted by molar-refractivity contribution is 7.89. The van der Waals surface area contributed by atoms with Crippen molar-refractivity contribution >= 4 is 16.1 Å². The summed E-state index contributed by atoms with van der Waals surface area (Å²) < 4.78 is 22.3. The lowest BCUT2D eigenvalue weighted by atomic mass is 10.00. The van der Waals surface area contributed by atoms with Crippen LogP contribution >= 0.6 is 0 Å². The molecule has 1 saturated heterocycles. The zero-order valence-corrected chi connectivity index (χ0v) is 12.9. The highest BCUT2D eigenvalue weighted by Gasteiger charge is 2.19. The number of nitrogens with zero attached hydrogens (tertiary/aromatic N) is 1. The molecular weight excluding hydrogens is 290 g/mol. The van der Waals surface area contributed by atoms with E-state index in [-0.39, 0.29) is 10.9 Å². The van der Waals surface area contributed by atoms with Crippen LogP contribution in [0.4, 0.5) is 4.79 Å². The molecule has 1 aromatic carbocycles. The third-order valence-corrected chi connectivity index (χ3v) is 4.70. The van der Waals surface area contributed by atoms with Crippen molar-refractivity contribution in [1.82, 2.24) is 10.2 Å². The first-order chi connectivity index (χ1) is 9.86. The smallest absolute Gasteiger partial charge is 0.317 e. The van der Waals surface area contributed by atoms with Crippen LogP contribution in [0.1, 0.15) is 25.3 Å². The van der Waals surface area contributed by atoms with Gasteiger partial charge < -0.3 is 10.2 Å². The number of primary sulfonamides is 1. The second-order valence-electron chi connectivity index (χ2n) is 5.52. The molecule has 0 radical (unpaired) electrons. The average molecular weight is 311 g/mol. The van der Waals surface area contributed by atoms with Gasteiger partial charge in [0.2, 0.25) is 10.0 Å². The Hall–Kier alpha value is -1.60. The third kappa shape index (κ3) is 4.44. The summed E-state index contributed by atoms with van der Waals surface area (Å²) in [6.07, 6.45) is 2.08. The minimum Gasteiger partial charge on any atom is -0.334 e. The number of benzene rings is 1. The number of hydrogen-bond acceptors (Lipinski definition) is 3. The number of hydrogen-bond donors (Lipinski definition) is 2. The molecule has 0 unspecified atom stereocenters. The van der Waals surface area contributed by atoms with Gasteiger partial charge in [-0.2, -0.15) is 0 Å². The van der Waals surface area contributed by atoms with E-state index >= 15 is 0 Å². The molecule has 7 heteroatoms. The Morgan fingerprint density at radius 2 is 1.86 bits per heavy atom. The predicted molar refractivity (Wildman–Crippen MR) is 80.0 cm³/mol. The van der Waals surface area contributed by atoms with Crippen LogP contribution in [0, 0.1) is 5.92 Å². The number of urea groups is 1. The molecule has 0 aliphatic carbocycles. The van der Waals surface area contributed by atoms with Gasteiger partial charge in [0, 0.05) is 19.6 Å². The fraction of sp³-hybridized carbons (Fsp3) is 0.500. The maximum absolute atomic E-state index is 12.0. The van der Waals surface area contributed by atoms with Crippen LogP contribution < -0.4 is 10.5 Å². The third-order valence-electron chi connectivity index (χ3n) is 3.77.